The molecule has 1 aromatic rings. The van der Waals surface area contributed by atoms with E-state index in [0.29, 0.717) is 5.92 Å². The highest BCUT2D eigenvalue weighted by molar-refractivity contribution is 6.02. The van der Waals surface area contributed by atoms with Crippen molar-refractivity contribution in [3.8, 4) is 5.75 Å². The van der Waals surface area contributed by atoms with Crippen molar-refractivity contribution in [3.63, 3.8) is 0 Å². The molecule has 120 valence electrons. The zero-order valence-corrected chi connectivity index (χ0v) is 12.8. The fraction of sp³-hybridized carbons (Fsp3) is 0.588. The molecule has 1 aliphatic heterocycles. The number of likely N-dealkylation sites (N-methyl/N-ethyl adjacent to an activating group) is 1. The molecule has 2 aliphatic rings. The average Bonchev–Trinajstić information content (AvgIpc) is 2.98. The molecule has 1 heterocycles. The van der Waals surface area contributed by atoms with E-state index in [2.05, 4.69) is 0 Å². The van der Waals surface area contributed by atoms with Crippen molar-refractivity contribution in [1.82, 2.24) is 4.90 Å². The molecule has 5 heteroatoms. The fourth-order valence-electron chi connectivity index (χ4n) is 3.55. The number of ether oxygens (including phenoxy) is 1. The Kier molecular flexibility index (Phi) is 4.06. The van der Waals surface area contributed by atoms with Crippen LogP contribution in [0.15, 0.2) is 18.2 Å². The summed E-state index contributed by atoms with van der Waals surface area (Å²) < 4.78 is 31.9. The van der Waals surface area contributed by atoms with Gasteiger partial charge in [0.2, 0.25) is 0 Å². The zero-order chi connectivity index (χ0) is 15.7. The van der Waals surface area contributed by atoms with E-state index in [4.69, 9.17) is 4.74 Å². The third-order valence-electron chi connectivity index (χ3n) is 4.96. The Morgan fingerprint density at radius 1 is 1.18 bits per heavy atom. The van der Waals surface area contributed by atoms with Gasteiger partial charge in [0.25, 0.3) is 5.91 Å². The van der Waals surface area contributed by atoms with E-state index in [1.165, 1.54) is 19.3 Å². The lowest BCUT2D eigenvalue weighted by molar-refractivity contribution is -0.114. The first-order chi connectivity index (χ1) is 10.5. The first-order valence-corrected chi connectivity index (χ1v) is 7.88. The quantitative estimate of drug-likeness (QED) is 0.779. The molecule has 0 bridgehead atoms. The Morgan fingerprint density at radius 3 is 2.32 bits per heavy atom. The molecule has 1 aliphatic carbocycles. The fourth-order valence-corrected chi connectivity index (χ4v) is 3.55. The molecular formula is C17H21F2NO2. The van der Waals surface area contributed by atoms with Crippen LogP contribution in [0.1, 0.15) is 38.5 Å². The van der Waals surface area contributed by atoms with Gasteiger partial charge in [-0.05, 0) is 12.3 Å². The molecular weight excluding hydrogens is 288 g/mol. The van der Waals surface area contributed by atoms with Crippen molar-refractivity contribution in [2.75, 3.05) is 13.7 Å². The van der Waals surface area contributed by atoms with Crippen molar-refractivity contribution in [2.24, 2.45) is 5.92 Å². The number of hydrogen-bond acceptors (Lipinski definition) is 2. The smallest absolute Gasteiger partial charge is 0.252 e. The lowest BCUT2D eigenvalue weighted by Gasteiger charge is -2.25. The lowest BCUT2D eigenvalue weighted by atomic mass is 9.82. The second kappa shape index (κ2) is 5.86. The number of rotatable bonds is 5. The Labute approximate surface area is 129 Å². The van der Waals surface area contributed by atoms with Gasteiger partial charge < -0.3 is 9.64 Å². The molecule has 3 rings (SSSR count). The van der Waals surface area contributed by atoms with E-state index in [1.807, 2.05) is 0 Å². The second-order valence-electron chi connectivity index (χ2n) is 6.50. The minimum Gasteiger partial charge on any atom is -0.490 e. The molecule has 1 unspecified atom stereocenters. The normalized spacial score (nSPS) is 25.4. The summed E-state index contributed by atoms with van der Waals surface area (Å²) in [6, 6.07) is 3.09. The zero-order valence-electron chi connectivity index (χ0n) is 12.8. The number of hydrogen-bond donors (Lipinski definition) is 0. The Bertz CT molecular complexity index is 552. The highest BCUT2D eigenvalue weighted by Gasteiger charge is 2.61. The Balaban J connectivity index is 1.66. The van der Waals surface area contributed by atoms with Crippen molar-refractivity contribution >= 4 is 5.91 Å². The number of halogens is 2. The number of benzene rings is 1. The number of carbonyl (C=O) groups excluding carboxylic acids is 1. The molecule has 22 heavy (non-hydrogen) atoms. The van der Waals surface area contributed by atoms with Crippen molar-refractivity contribution in [3.05, 3.63) is 29.8 Å². The molecule has 1 amide bonds. The van der Waals surface area contributed by atoms with Crippen LogP contribution in [0.3, 0.4) is 0 Å². The summed E-state index contributed by atoms with van der Waals surface area (Å²) in [4.78, 5) is 13.8. The van der Waals surface area contributed by atoms with Gasteiger partial charge in [-0.1, -0.05) is 32.1 Å². The van der Waals surface area contributed by atoms with Gasteiger partial charge in [-0.2, -0.15) is 0 Å². The van der Waals surface area contributed by atoms with Crippen LogP contribution in [0.25, 0.3) is 0 Å². The van der Waals surface area contributed by atoms with Gasteiger partial charge >= 0.3 is 0 Å². The van der Waals surface area contributed by atoms with Crippen LogP contribution in [0.5, 0.6) is 5.75 Å². The first-order valence-electron chi connectivity index (χ1n) is 7.88. The van der Waals surface area contributed by atoms with E-state index in [9.17, 15) is 13.6 Å². The summed E-state index contributed by atoms with van der Waals surface area (Å²) in [5, 5.41) is 0. The largest absolute Gasteiger partial charge is 0.490 e. The first kappa shape index (κ1) is 15.3. The monoisotopic (exact) mass is 309 g/mol. The SMILES string of the molecule is CN1C(=O)C1(COc1cc(F)cc(F)c1)CC1CCCCC1. The van der Waals surface area contributed by atoms with Crippen LogP contribution < -0.4 is 4.74 Å². The van der Waals surface area contributed by atoms with Gasteiger partial charge in [0.1, 0.15) is 24.0 Å². The maximum absolute atomic E-state index is 13.2. The molecule has 1 atom stereocenters. The molecule has 3 nitrogen and oxygen atoms in total. The Hall–Kier alpha value is -1.65. The van der Waals surface area contributed by atoms with Crippen molar-refractivity contribution in [1.29, 1.82) is 0 Å². The molecule has 2 fully saturated rings. The van der Waals surface area contributed by atoms with Gasteiger partial charge in [-0.3, -0.25) is 4.79 Å². The van der Waals surface area contributed by atoms with Crippen molar-refractivity contribution in [2.45, 2.75) is 44.1 Å². The van der Waals surface area contributed by atoms with E-state index in [-0.39, 0.29) is 18.3 Å². The minimum atomic E-state index is -0.674. The van der Waals surface area contributed by atoms with Crippen LogP contribution in [0, 0.1) is 17.6 Å². The number of amides is 1. The molecule has 0 radical (unpaired) electrons. The van der Waals surface area contributed by atoms with Gasteiger partial charge in [0, 0.05) is 25.2 Å². The summed E-state index contributed by atoms with van der Waals surface area (Å²) in [5.74, 6) is -0.613. The Morgan fingerprint density at radius 2 is 1.77 bits per heavy atom. The topological polar surface area (TPSA) is 29.3 Å². The van der Waals surface area contributed by atoms with E-state index in [0.717, 1.165) is 37.5 Å². The maximum atomic E-state index is 13.2. The van der Waals surface area contributed by atoms with Gasteiger partial charge in [0.05, 0.1) is 0 Å². The summed E-state index contributed by atoms with van der Waals surface area (Å²) in [5.41, 5.74) is -0.606. The molecule has 0 N–H and O–H groups in total. The van der Waals surface area contributed by atoms with Gasteiger partial charge in [-0.25, -0.2) is 8.78 Å². The van der Waals surface area contributed by atoms with E-state index < -0.39 is 17.2 Å². The number of carbonyl (C=O) groups is 1. The van der Waals surface area contributed by atoms with Crippen molar-refractivity contribution < 1.29 is 18.3 Å². The summed E-state index contributed by atoms with van der Waals surface area (Å²) in [7, 11) is 1.76. The minimum absolute atomic E-state index is 0.0648. The highest BCUT2D eigenvalue weighted by atomic mass is 19.1. The standard InChI is InChI=1S/C17H21F2NO2/c1-20-16(21)17(20,10-12-5-3-2-4-6-12)11-22-15-8-13(18)7-14(19)9-15/h7-9,12H,2-6,10-11H2,1H3. The molecule has 0 aromatic heterocycles. The van der Waals surface area contributed by atoms with E-state index >= 15 is 0 Å². The third kappa shape index (κ3) is 2.94. The highest BCUT2D eigenvalue weighted by Crippen LogP contribution is 2.42. The second-order valence-corrected chi connectivity index (χ2v) is 6.50. The predicted octanol–water partition coefficient (Wildman–Crippen LogP) is 3.52. The number of nitrogens with zero attached hydrogens (tertiary/aromatic N) is 1. The molecule has 0 spiro atoms. The van der Waals surface area contributed by atoms with E-state index in [1.54, 1.807) is 11.9 Å². The lowest BCUT2D eigenvalue weighted by Crippen LogP contribution is -2.30. The summed E-state index contributed by atoms with van der Waals surface area (Å²) in [6.07, 6.45) is 6.78. The van der Waals surface area contributed by atoms with Crippen LogP contribution in [-0.4, -0.2) is 30.0 Å². The van der Waals surface area contributed by atoms with Gasteiger partial charge in [0.15, 0.2) is 5.54 Å². The van der Waals surface area contributed by atoms with Crippen LogP contribution in [-0.2, 0) is 4.79 Å². The summed E-state index contributed by atoms with van der Waals surface area (Å²) >= 11 is 0. The average molecular weight is 309 g/mol. The van der Waals surface area contributed by atoms with Crippen LogP contribution in [0.2, 0.25) is 0 Å². The van der Waals surface area contributed by atoms with Crippen LogP contribution >= 0.6 is 0 Å². The van der Waals surface area contributed by atoms with Crippen LogP contribution in [0.4, 0.5) is 8.78 Å². The maximum Gasteiger partial charge on any atom is 0.252 e. The predicted molar refractivity (Wildman–Crippen MR) is 78.5 cm³/mol. The third-order valence-corrected chi connectivity index (χ3v) is 4.96. The summed E-state index contributed by atoms with van der Waals surface area (Å²) in [6.45, 7) is 0.154. The van der Waals surface area contributed by atoms with Gasteiger partial charge in [-0.15, -0.1) is 0 Å². The molecule has 1 aromatic carbocycles. The molecule has 1 saturated carbocycles. The molecule has 1 saturated heterocycles.